The minimum Gasteiger partial charge on any atom is -0.462 e. The van der Waals surface area contributed by atoms with Gasteiger partial charge in [0, 0.05) is 31.9 Å². The van der Waals surface area contributed by atoms with Crippen LogP contribution in [0.4, 0.5) is 10.5 Å². The summed E-state index contributed by atoms with van der Waals surface area (Å²) in [7, 11) is 0. The van der Waals surface area contributed by atoms with Gasteiger partial charge in [0.1, 0.15) is 0 Å². The van der Waals surface area contributed by atoms with Crippen molar-refractivity contribution in [2.45, 2.75) is 20.3 Å². The van der Waals surface area contributed by atoms with Gasteiger partial charge in [0.2, 0.25) is 5.91 Å². The molecule has 1 saturated heterocycles. The highest BCUT2D eigenvalue weighted by molar-refractivity contribution is 5.94. The monoisotopic (exact) mass is 377 g/mol. The maximum Gasteiger partial charge on any atom is 0.409 e. The van der Waals surface area contributed by atoms with Crippen molar-refractivity contribution in [2.75, 3.05) is 51.3 Å². The summed E-state index contributed by atoms with van der Waals surface area (Å²) in [5.41, 5.74) is 1.08. The second-order valence-corrected chi connectivity index (χ2v) is 6.22. The molecule has 2 amide bonds. The van der Waals surface area contributed by atoms with Crippen LogP contribution in [-0.4, -0.2) is 73.7 Å². The number of carbonyl (C=O) groups excluding carboxylic acids is 3. The Balaban J connectivity index is 1.76. The summed E-state index contributed by atoms with van der Waals surface area (Å²) in [4.78, 5) is 39.3. The van der Waals surface area contributed by atoms with Gasteiger partial charge in [-0.1, -0.05) is 6.92 Å². The van der Waals surface area contributed by atoms with Crippen molar-refractivity contribution in [3.8, 4) is 0 Å². The first-order valence-corrected chi connectivity index (χ1v) is 9.24. The summed E-state index contributed by atoms with van der Waals surface area (Å²) in [5.74, 6) is -0.505. The van der Waals surface area contributed by atoms with Crippen molar-refractivity contribution in [3.05, 3.63) is 29.8 Å². The summed E-state index contributed by atoms with van der Waals surface area (Å²) < 4.78 is 10.1. The zero-order valence-electron chi connectivity index (χ0n) is 15.9. The molecule has 0 aliphatic carbocycles. The van der Waals surface area contributed by atoms with E-state index < -0.39 is 0 Å². The van der Waals surface area contributed by atoms with Crippen LogP contribution in [-0.2, 0) is 14.3 Å². The second kappa shape index (κ2) is 10.5. The van der Waals surface area contributed by atoms with Gasteiger partial charge in [-0.3, -0.25) is 9.69 Å². The molecule has 1 fully saturated rings. The smallest absolute Gasteiger partial charge is 0.409 e. The van der Waals surface area contributed by atoms with Crippen molar-refractivity contribution in [2.24, 2.45) is 0 Å². The van der Waals surface area contributed by atoms with Crippen LogP contribution in [0.15, 0.2) is 24.3 Å². The summed E-state index contributed by atoms with van der Waals surface area (Å²) >= 11 is 0. The fourth-order valence-electron chi connectivity index (χ4n) is 2.67. The van der Waals surface area contributed by atoms with Gasteiger partial charge < -0.3 is 19.7 Å². The van der Waals surface area contributed by atoms with Gasteiger partial charge in [-0.15, -0.1) is 0 Å². The molecule has 0 radical (unpaired) electrons. The molecule has 8 nitrogen and oxygen atoms in total. The third-order valence-corrected chi connectivity index (χ3v) is 4.11. The molecule has 8 heteroatoms. The van der Waals surface area contributed by atoms with E-state index in [4.69, 9.17) is 9.47 Å². The normalized spacial score (nSPS) is 14.5. The van der Waals surface area contributed by atoms with E-state index in [0.717, 1.165) is 6.42 Å². The number of piperazine rings is 1. The first-order chi connectivity index (χ1) is 13.0. The highest BCUT2D eigenvalue weighted by Gasteiger charge is 2.23. The number of benzene rings is 1. The Morgan fingerprint density at radius 2 is 1.67 bits per heavy atom. The summed E-state index contributed by atoms with van der Waals surface area (Å²) in [6.45, 7) is 7.03. The molecule has 0 unspecified atom stereocenters. The number of nitrogens with zero attached hydrogens (tertiary/aromatic N) is 2. The van der Waals surface area contributed by atoms with Crippen molar-refractivity contribution in [1.29, 1.82) is 0 Å². The Hall–Kier alpha value is -2.61. The molecule has 1 N–H and O–H groups in total. The summed E-state index contributed by atoms with van der Waals surface area (Å²) in [6.07, 6.45) is 0.465. The van der Waals surface area contributed by atoms with Crippen LogP contribution >= 0.6 is 0 Å². The molecule has 27 heavy (non-hydrogen) atoms. The van der Waals surface area contributed by atoms with Crippen molar-refractivity contribution < 1.29 is 23.9 Å². The fourth-order valence-corrected chi connectivity index (χ4v) is 2.67. The number of anilines is 1. The highest BCUT2D eigenvalue weighted by Crippen LogP contribution is 2.11. The minimum atomic E-state index is -0.366. The van der Waals surface area contributed by atoms with Crippen LogP contribution in [0.2, 0.25) is 0 Å². The van der Waals surface area contributed by atoms with E-state index in [9.17, 15) is 14.4 Å². The lowest BCUT2D eigenvalue weighted by atomic mass is 10.2. The van der Waals surface area contributed by atoms with E-state index in [0.29, 0.717) is 50.6 Å². The molecular weight excluding hydrogens is 350 g/mol. The molecule has 1 aromatic rings. The van der Waals surface area contributed by atoms with Crippen molar-refractivity contribution in [1.82, 2.24) is 9.80 Å². The predicted molar refractivity (Wildman–Crippen MR) is 101 cm³/mol. The number of rotatable bonds is 7. The molecular formula is C19H27N3O5. The number of amides is 2. The first kappa shape index (κ1) is 20.7. The van der Waals surface area contributed by atoms with Gasteiger partial charge in [0.05, 0.1) is 25.3 Å². The summed E-state index contributed by atoms with van der Waals surface area (Å²) in [5, 5.41) is 2.81. The minimum absolute atomic E-state index is 0.138. The molecule has 148 valence electrons. The quantitative estimate of drug-likeness (QED) is 0.731. The van der Waals surface area contributed by atoms with Gasteiger partial charge in [-0.05, 0) is 37.6 Å². The fraction of sp³-hybridized carbons (Fsp3) is 0.526. The molecule has 2 rings (SSSR count). The Kier molecular flexibility index (Phi) is 8.06. The first-order valence-electron chi connectivity index (χ1n) is 9.24. The second-order valence-electron chi connectivity index (χ2n) is 6.22. The highest BCUT2D eigenvalue weighted by atomic mass is 16.6. The SMILES string of the molecule is CCCOC(=O)c1ccc(NC(=O)CN2CCN(C(=O)OCC)CC2)cc1. The molecule has 1 aliphatic heterocycles. The van der Waals surface area contributed by atoms with Crippen LogP contribution in [0.1, 0.15) is 30.6 Å². The lowest BCUT2D eigenvalue weighted by Crippen LogP contribution is -2.50. The number of ether oxygens (including phenoxy) is 2. The van der Waals surface area contributed by atoms with Crippen LogP contribution in [0, 0.1) is 0 Å². The van der Waals surface area contributed by atoms with Gasteiger partial charge in [-0.2, -0.15) is 0 Å². The number of carbonyl (C=O) groups is 3. The Morgan fingerprint density at radius 1 is 1.00 bits per heavy atom. The number of nitrogens with one attached hydrogen (secondary N) is 1. The van der Waals surface area contributed by atoms with E-state index in [1.54, 1.807) is 36.1 Å². The standard InChI is InChI=1S/C19H27N3O5/c1-3-13-27-18(24)15-5-7-16(8-6-15)20-17(23)14-21-9-11-22(12-10-21)19(25)26-4-2/h5-8H,3-4,9-14H2,1-2H3,(H,20,23). The molecule has 0 bridgehead atoms. The van der Waals surface area contributed by atoms with Crippen molar-refractivity contribution >= 4 is 23.7 Å². The lowest BCUT2D eigenvalue weighted by molar-refractivity contribution is -0.117. The third-order valence-electron chi connectivity index (χ3n) is 4.11. The van der Waals surface area contributed by atoms with E-state index in [2.05, 4.69) is 5.32 Å². The predicted octanol–water partition coefficient (Wildman–Crippen LogP) is 1.97. The van der Waals surface area contributed by atoms with E-state index in [-0.39, 0.29) is 24.5 Å². The molecule has 1 aliphatic rings. The Bertz CT molecular complexity index is 639. The number of hydrogen-bond acceptors (Lipinski definition) is 6. The zero-order valence-corrected chi connectivity index (χ0v) is 15.9. The van der Waals surface area contributed by atoms with Gasteiger partial charge >= 0.3 is 12.1 Å². The Morgan fingerprint density at radius 3 is 2.26 bits per heavy atom. The van der Waals surface area contributed by atoms with E-state index in [1.165, 1.54) is 0 Å². The van der Waals surface area contributed by atoms with E-state index >= 15 is 0 Å². The number of esters is 1. The van der Waals surface area contributed by atoms with Crippen LogP contribution in [0.3, 0.4) is 0 Å². The third kappa shape index (κ3) is 6.56. The van der Waals surface area contributed by atoms with E-state index in [1.807, 2.05) is 11.8 Å². The molecule has 1 heterocycles. The van der Waals surface area contributed by atoms with Crippen molar-refractivity contribution in [3.63, 3.8) is 0 Å². The number of hydrogen-bond donors (Lipinski definition) is 1. The maximum absolute atomic E-state index is 12.2. The lowest BCUT2D eigenvalue weighted by Gasteiger charge is -2.33. The maximum atomic E-state index is 12.2. The molecule has 0 saturated carbocycles. The summed E-state index contributed by atoms with van der Waals surface area (Å²) in [6, 6.07) is 6.62. The molecule has 0 aromatic heterocycles. The Labute approximate surface area is 159 Å². The molecule has 0 spiro atoms. The topological polar surface area (TPSA) is 88.2 Å². The molecule has 1 aromatic carbocycles. The van der Waals surface area contributed by atoms with Crippen LogP contribution < -0.4 is 5.32 Å². The van der Waals surface area contributed by atoms with Crippen LogP contribution in [0.25, 0.3) is 0 Å². The van der Waals surface area contributed by atoms with Gasteiger partial charge in [0.15, 0.2) is 0 Å². The average molecular weight is 377 g/mol. The average Bonchev–Trinajstić information content (AvgIpc) is 2.67. The largest absolute Gasteiger partial charge is 0.462 e. The molecule has 0 atom stereocenters. The zero-order chi connectivity index (χ0) is 19.6. The van der Waals surface area contributed by atoms with Crippen LogP contribution in [0.5, 0.6) is 0 Å². The van der Waals surface area contributed by atoms with Gasteiger partial charge in [-0.25, -0.2) is 9.59 Å². The van der Waals surface area contributed by atoms with Gasteiger partial charge in [0.25, 0.3) is 0 Å².